The number of nitrogens with zero attached hydrogens (tertiary/aromatic N) is 1. The maximum atomic E-state index is 12.4. The van der Waals surface area contributed by atoms with E-state index in [0.29, 0.717) is 16.6 Å². The number of hydrogen-bond donors (Lipinski definition) is 1. The summed E-state index contributed by atoms with van der Waals surface area (Å²) in [4.78, 5) is 25.5. The fourth-order valence-electron chi connectivity index (χ4n) is 2.29. The summed E-state index contributed by atoms with van der Waals surface area (Å²) < 4.78 is 0. The van der Waals surface area contributed by atoms with Gasteiger partial charge in [-0.1, -0.05) is 23.7 Å². The molecule has 2 aliphatic rings. The molecule has 5 heteroatoms. The number of piperazine rings is 1. The van der Waals surface area contributed by atoms with Crippen LogP contribution in [0.4, 0.5) is 5.69 Å². The van der Waals surface area contributed by atoms with Gasteiger partial charge in [-0.25, -0.2) is 0 Å². The van der Waals surface area contributed by atoms with Gasteiger partial charge in [0, 0.05) is 0 Å². The van der Waals surface area contributed by atoms with E-state index < -0.39 is 0 Å². The molecule has 18 heavy (non-hydrogen) atoms. The third kappa shape index (κ3) is 1.97. The zero-order chi connectivity index (χ0) is 12.7. The summed E-state index contributed by atoms with van der Waals surface area (Å²) in [5, 5.41) is 3.27. The smallest absolute Gasteiger partial charge is 0.250 e. The number of halogens is 1. The molecule has 1 saturated heterocycles. The number of anilines is 1. The third-order valence-corrected chi connectivity index (χ3v) is 3.71. The topological polar surface area (TPSA) is 49.4 Å². The zero-order valence-electron chi connectivity index (χ0n) is 9.73. The second kappa shape index (κ2) is 4.28. The van der Waals surface area contributed by atoms with Gasteiger partial charge in [-0.2, -0.15) is 0 Å². The number of para-hydroxylation sites is 1. The molecular weight excluding hydrogens is 252 g/mol. The maximum Gasteiger partial charge on any atom is 0.250 e. The highest BCUT2D eigenvalue weighted by Gasteiger charge is 2.43. The van der Waals surface area contributed by atoms with Crippen LogP contribution < -0.4 is 10.2 Å². The van der Waals surface area contributed by atoms with Crippen molar-refractivity contribution in [2.75, 3.05) is 11.4 Å². The van der Waals surface area contributed by atoms with Crippen LogP contribution in [0.25, 0.3) is 0 Å². The lowest BCUT2D eigenvalue weighted by Crippen LogP contribution is -2.59. The summed E-state index contributed by atoms with van der Waals surface area (Å²) in [7, 11) is 0. The Labute approximate surface area is 110 Å². The number of carbonyl (C=O) groups is 2. The van der Waals surface area contributed by atoms with E-state index in [1.165, 1.54) is 4.90 Å². The number of carbonyl (C=O) groups excluding carboxylic acids is 2. The molecule has 1 heterocycles. The molecule has 0 bridgehead atoms. The molecule has 1 N–H and O–H groups in total. The summed E-state index contributed by atoms with van der Waals surface area (Å²) in [5.74, 6) is 0.128. The van der Waals surface area contributed by atoms with Crippen LogP contribution in [0.3, 0.4) is 0 Å². The Morgan fingerprint density at radius 2 is 1.94 bits per heavy atom. The van der Waals surface area contributed by atoms with Crippen LogP contribution in [-0.2, 0) is 9.59 Å². The average molecular weight is 265 g/mol. The minimum atomic E-state index is -0.373. The first-order valence-corrected chi connectivity index (χ1v) is 6.40. The van der Waals surface area contributed by atoms with E-state index in [9.17, 15) is 9.59 Å². The largest absolute Gasteiger partial charge is 0.342 e. The summed E-state index contributed by atoms with van der Waals surface area (Å²) in [6.07, 6.45) is 2.01. The number of benzene rings is 1. The van der Waals surface area contributed by atoms with Gasteiger partial charge in [0.05, 0.1) is 10.7 Å². The van der Waals surface area contributed by atoms with Crippen molar-refractivity contribution in [2.45, 2.75) is 18.9 Å². The molecule has 0 radical (unpaired) electrons. The van der Waals surface area contributed by atoms with Gasteiger partial charge in [-0.3, -0.25) is 14.5 Å². The zero-order valence-corrected chi connectivity index (χ0v) is 10.5. The van der Waals surface area contributed by atoms with Crippen LogP contribution in [0.1, 0.15) is 12.8 Å². The quantitative estimate of drug-likeness (QED) is 0.882. The van der Waals surface area contributed by atoms with Gasteiger partial charge in [0.15, 0.2) is 0 Å². The van der Waals surface area contributed by atoms with Crippen molar-refractivity contribution < 1.29 is 9.59 Å². The van der Waals surface area contributed by atoms with Crippen LogP contribution in [0, 0.1) is 5.92 Å². The van der Waals surface area contributed by atoms with Crippen LogP contribution >= 0.6 is 11.6 Å². The lowest BCUT2D eigenvalue weighted by molar-refractivity contribution is -0.131. The predicted octanol–water partition coefficient (Wildman–Crippen LogP) is 1.58. The van der Waals surface area contributed by atoms with E-state index in [-0.39, 0.29) is 24.4 Å². The fourth-order valence-corrected chi connectivity index (χ4v) is 2.53. The Bertz CT molecular complexity index is 513. The molecule has 1 unspecified atom stereocenters. The Morgan fingerprint density at radius 3 is 2.61 bits per heavy atom. The lowest BCUT2D eigenvalue weighted by atomic mass is 10.1. The normalized spacial score (nSPS) is 24.1. The summed E-state index contributed by atoms with van der Waals surface area (Å²) in [6, 6.07) is 6.74. The van der Waals surface area contributed by atoms with Crippen LogP contribution in [0.2, 0.25) is 5.02 Å². The first-order chi connectivity index (χ1) is 8.66. The van der Waals surface area contributed by atoms with E-state index in [2.05, 4.69) is 5.32 Å². The van der Waals surface area contributed by atoms with E-state index >= 15 is 0 Å². The minimum Gasteiger partial charge on any atom is -0.342 e. The molecule has 4 nitrogen and oxygen atoms in total. The number of nitrogens with one attached hydrogen (secondary N) is 1. The molecular formula is C13H13ClN2O2. The highest BCUT2D eigenvalue weighted by atomic mass is 35.5. The molecule has 1 saturated carbocycles. The van der Waals surface area contributed by atoms with Crippen molar-refractivity contribution >= 4 is 29.1 Å². The third-order valence-electron chi connectivity index (χ3n) is 3.39. The first kappa shape index (κ1) is 11.5. The lowest BCUT2D eigenvalue weighted by Gasteiger charge is -2.33. The Morgan fingerprint density at radius 1 is 1.22 bits per heavy atom. The SMILES string of the molecule is O=C1CN(c2ccccc2Cl)C(=O)C(C2CC2)N1. The number of rotatable bonds is 2. The molecule has 2 amide bonds. The van der Waals surface area contributed by atoms with Gasteiger partial charge in [0.2, 0.25) is 11.8 Å². The van der Waals surface area contributed by atoms with Gasteiger partial charge in [-0.05, 0) is 30.9 Å². The average Bonchev–Trinajstić information content (AvgIpc) is 3.17. The molecule has 1 aliphatic carbocycles. The molecule has 94 valence electrons. The van der Waals surface area contributed by atoms with E-state index in [4.69, 9.17) is 11.6 Å². The summed E-state index contributed by atoms with van der Waals surface area (Å²) >= 11 is 6.09. The van der Waals surface area contributed by atoms with E-state index in [1.807, 2.05) is 6.07 Å². The van der Waals surface area contributed by atoms with Gasteiger partial charge in [-0.15, -0.1) is 0 Å². The van der Waals surface area contributed by atoms with Gasteiger partial charge >= 0.3 is 0 Å². The van der Waals surface area contributed by atoms with Crippen molar-refractivity contribution in [2.24, 2.45) is 5.92 Å². The molecule has 1 aliphatic heterocycles. The molecule has 0 aromatic heterocycles. The highest BCUT2D eigenvalue weighted by molar-refractivity contribution is 6.34. The number of amides is 2. The van der Waals surface area contributed by atoms with E-state index in [1.54, 1.807) is 18.2 Å². The van der Waals surface area contributed by atoms with Crippen LogP contribution in [-0.4, -0.2) is 24.4 Å². The fraction of sp³-hybridized carbons (Fsp3) is 0.385. The van der Waals surface area contributed by atoms with Crippen molar-refractivity contribution in [3.05, 3.63) is 29.3 Å². The molecule has 1 aromatic carbocycles. The Kier molecular flexibility index (Phi) is 2.74. The van der Waals surface area contributed by atoms with Crippen LogP contribution in [0.5, 0.6) is 0 Å². The van der Waals surface area contributed by atoms with Gasteiger partial charge in [0.1, 0.15) is 12.6 Å². The standard InChI is InChI=1S/C13H13ClN2O2/c14-9-3-1-2-4-10(9)16-7-11(17)15-12(13(16)18)8-5-6-8/h1-4,8,12H,5-7H2,(H,15,17). The van der Waals surface area contributed by atoms with Crippen molar-refractivity contribution in [3.63, 3.8) is 0 Å². The molecule has 0 spiro atoms. The number of hydrogen-bond acceptors (Lipinski definition) is 2. The van der Waals surface area contributed by atoms with Gasteiger partial charge in [0.25, 0.3) is 0 Å². The van der Waals surface area contributed by atoms with Crippen molar-refractivity contribution in [3.8, 4) is 0 Å². The molecule has 1 aromatic rings. The molecule has 1 atom stereocenters. The predicted molar refractivity (Wildman–Crippen MR) is 68.5 cm³/mol. The summed E-state index contributed by atoms with van der Waals surface area (Å²) in [6.45, 7) is 0.0474. The molecule has 3 rings (SSSR count). The first-order valence-electron chi connectivity index (χ1n) is 6.02. The second-order valence-corrected chi connectivity index (χ2v) is 5.17. The van der Waals surface area contributed by atoms with Crippen molar-refractivity contribution in [1.82, 2.24) is 5.32 Å². The van der Waals surface area contributed by atoms with Crippen molar-refractivity contribution in [1.29, 1.82) is 0 Å². The van der Waals surface area contributed by atoms with E-state index in [0.717, 1.165) is 12.8 Å². The monoisotopic (exact) mass is 264 g/mol. The van der Waals surface area contributed by atoms with Crippen LogP contribution in [0.15, 0.2) is 24.3 Å². The highest BCUT2D eigenvalue weighted by Crippen LogP contribution is 2.36. The Hall–Kier alpha value is -1.55. The maximum absolute atomic E-state index is 12.4. The molecule has 2 fully saturated rings. The Balaban J connectivity index is 1.93. The summed E-state index contributed by atoms with van der Waals surface area (Å²) in [5.41, 5.74) is 0.615. The second-order valence-electron chi connectivity index (χ2n) is 4.76. The van der Waals surface area contributed by atoms with Gasteiger partial charge < -0.3 is 5.32 Å². The minimum absolute atomic E-state index is 0.0474.